The topological polar surface area (TPSA) is 78.9 Å². The number of hydrogen-bond donors (Lipinski definition) is 0. The van der Waals surface area contributed by atoms with Crippen LogP contribution in [0.3, 0.4) is 0 Å². The number of halogens is 1. The molecule has 0 radical (unpaired) electrons. The molecule has 0 fully saturated rings. The van der Waals surface area contributed by atoms with Gasteiger partial charge in [0, 0.05) is 22.7 Å². The maximum atomic E-state index is 6.09. The van der Waals surface area contributed by atoms with Crippen LogP contribution in [0.2, 0.25) is 5.02 Å². The Bertz CT molecular complexity index is 1130. The minimum absolute atomic E-state index is 0.525. The largest absolute Gasteiger partial charge is 0.497 e. The third-order valence-electron chi connectivity index (χ3n) is 4.35. The van der Waals surface area contributed by atoms with Crippen molar-refractivity contribution in [1.29, 1.82) is 0 Å². The minimum Gasteiger partial charge on any atom is -0.497 e. The summed E-state index contributed by atoms with van der Waals surface area (Å²) in [5, 5.41) is 14.3. The van der Waals surface area contributed by atoms with Gasteiger partial charge < -0.3 is 9.26 Å². The van der Waals surface area contributed by atoms with Crippen molar-refractivity contribution < 1.29 is 9.26 Å². The van der Waals surface area contributed by atoms with Gasteiger partial charge in [0.2, 0.25) is 5.89 Å². The zero-order chi connectivity index (χ0) is 20.9. The Balaban J connectivity index is 1.69. The van der Waals surface area contributed by atoms with Gasteiger partial charge in [-0.25, -0.2) is 0 Å². The van der Waals surface area contributed by atoms with Gasteiger partial charge in [-0.1, -0.05) is 47.6 Å². The highest BCUT2D eigenvalue weighted by Gasteiger charge is 2.18. The molecule has 2 heterocycles. The first-order chi connectivity index (χ1) is 14.7. The fourth-order valence-corrected chi connectivity index (χ4v) is 3.85. The van der Waals surface area contributed by atoms with Crippen molar-refractivity contribution >= 4 is 23.4 Å². The second kappa shape index (κ2) is 9.32. The number of aromatic nitrogens is 5. The summed E-state index contributed by atoms with van der Waals surface area (Å²) >= 11 is 7.59. The molecule has 0 spiro atoms. The standard InChI is InChI=1S/C21H20ClN5O2S/c1-3-5-19-23-18(26-29-19)13-30-21-25-24-20(14-6-4-7-17(12-14)28-2)27(21)16-10-8-15(22)9-11-16/h4,6-12H,3,5,13H2,1-2H3. The molecule has 0 atom stereocenters. The Labute approximate surface area is 183 Å². The summed E-state index contributed by atoms with van der Waals surface area (Å²) in [6.07, 6.45) is 1.74. The van der Waals surface area contributed by atoms with Crippen molar-refractivity contribution in [3.8, 4) is 22.8 Å². The molecule has 0 amide bonds. The number of nitrogens with zero attached hydrogens (tertiary/aromatic N) is 5. The summed E-state index contributed by atoms with van der Waals surface area (Å²) in [4.78, 5) is 4.43. The predicted octanol–water partition coefficient (Wildman–Crippen LogP) is 5.22. The van der Waals surface area contributed by atoms with Gasteiger partial charge in [-0.05, 0) is 42.8 Å². The summed E-state index contributed by atoms with van der Waals surface area (Å²) in [5.41, 5.74) is 1.80. The van der Waals surface area contributed by atoms with Crippen LogP contribution in [0.1, 0.15) is 25.1 Å². The summed E-state index contributed by atoms with van der Waals surface area (Å²) in [6.45, 7) is 2.08. The molecule has 0 bridgehead atoms. The smallest absolute Gasteiger partial charge is 0.226 e. The SMILES string of the molecule is CCCc1nc(CSc2nnc(-c3cccc(OC)c3)n2-c2ccc(Cl)cc2)no1. The van der Waals surface area contributed by atoms with Gasteiger partial charge in [-0.3, -0.25) is 4.57 Å². The first kappa shape index (κ1) is 20.4. The summed E-state index contributed by atoms with van der Waals surface area (Å²) in [6, 6.07) is 15.3. The molecule has 4 rings (SSSR count). The molecule has 4 aromatic rings. The van der Waals surface area contributed by atoms with E-state index in [1.165, 1.54) is 11.8 Å². The molecule has 0 saturated heterocycles. The van der Waals surface area contributed by atoms with Gasteiger partial charge in [-0.15, -0.1) is 10.2 Å². The van der Waals surface area contributed by atoms with Gasteiger partial charge in [0.05, 0.1) is 12.9 Å². The van der Waals surface area contributed by atoms with E-state index in [1.54, 1.807) is 7.11 Å². The Hall–Kier alpha value is -2.84. The van der Waals surface area contributed by atoms with E-state index in [9.17, 15) is 0 Å². The fourth-order valence-electron chi connectivity index (χ4n) is 2.93. The van der Waals surface area contributed by atoms with Crippen LogP contribution in [0, 0.1) is 0 Å². The average Bonchev–Trinajstić information content (AvgIpc) is 3.40. The number of thioether (sulfide) groups is 1. The summed E-state index contributed by atoms with van der Waals surface area (Å²) in [7, 11) is 1.64. The van der Waals surface area contributed by atoms with Crippen molar-refractivity contribution in [2.24, 2.45) is 0 Å². The van der Waals surface area contributed by atoms with E-state index >= 15 is 0 Å². The molecule has 0 aliphatic rings. The predicted molar refractivity (Wildman–Crippen MR) is 116 cm³/mol. The van der Waals surface area contributed by atoms with E-state index in [0.717, 1.165) is 35.0 Å². The molecule has 2 aromatic carbocycles. The van der Waals surface area contributed by atoms with Crippen molar-refractivity contribution in [1.82, 2.24) is 24.9 Å². The highest BCUT2D eigenvalue weighted by molar-refractivity contribution is 7.98. The fraction of sp³-hybridized carbons (Fsp3) is 0.238. The molecule has 0 aliphatic heterocycles. The first-order valence-corrected chi connectivity index (χ1v) is 10.8. The van der Waals surface area contributed by atoms with E-state index in [2.05, 4.69) is 27.3 Å². The number of aryl methyl sites for hydroxylation is 1. The van der Waals surface area contributed by atoms with E-state index in [-0.39, 0.29) is 0 Å². The Morgan fingerprint density at radius 2 is 1.97 bits per heavy atom. The van der Waals surface area contributed by atoms with Crippen LogP contribution >= 0.6 is 23.4 Å². The third-order valence-corrected chi connectivity index (χ3v) is 5.53. The lowest BCUT2D eigenvalue weighted by Gasteiger charge is -2.11. The highest BCUT2D eigenvalue weighted by Crippen LogP contribution is 2.31. The first-order valence-electron chi connectivity index (χ1n) is 9.48. The number of rotatable bonds is 8. The van der Waals surface area contributed by atoms with Crippen LogP contribution in [0.15, 0.2) is 58.2 Å². The van der Waals surface area contributed by atoms with E-state index in [4.69, 9.17) is 20.9 Å². The zero-order valence-corrected chi connectivity index (χ0v) is 18.2. The van der Waals surface area contributed by atoms with Crippen LogP contribution < -0.4 is 4.74 Å². The molecule has 0 N–H and O–H groups in total. The van der Waals surface area contributed by atoms with Crippen molar-refractivity contribution in [3.05, 3.63) is 65.3 Å². The lowest BCUT2D eigenvalue weighted by atomic mass is 10.2. The Morgan fingerprint density at radius 3 is 2.73 bits per heavy atom. The second-order valence-electron chi connectivity index (χ2n) is 6.49. The van der Waals surface area contributed by atoms with Crippen LogP contribution in [0.4, 0.5) is 0 Å². The molecule has 2 aromatic heterocycles. The van der Waals surface area contributed by atoms with Crippen molar-refractivity contribution in [2.45, 2.75) is 30.7 Å². The van der Waals surface area contributed by atoms with Gasteiger partial charge in [0.15, 0.2) is 16.8 Å². The van der Waals surface area contributed by atoms with Gasteiger partial charge in [0.25, 0.3) is 0 Å². The van der Waals surface area contributed by atoms with E-state index in [0.29, 0.717) is 28.3 Å². The van der Waals surface area contributed by atoms with Crippen LogP contribution in [-0.2, 0) is 12.2 Å². The number of methoxy groups -OCH3 is 1. The number of ether oxygens (including phenoxy) is 1. The highest BCUT2D eigenvalue weighted by atomic mass is 35.5. The average molecular weight is 442 g/mol. The van der Waals surface area contributed by atoms with E-state index in [1.807, 2.05) is 53.1 Å². The minimum atomic E-state index is 0.525. The summed E-state index contributed by atoms with van der Waals surface area (Å²) < 4.78 is 12.6. The van der Waals surface area contributed by atoms with Gasteiger partial charge >= 0.3 is 0 Å². The molecule has 0 saturated carbocycles. The molecular formula is C21H20ClN5O2S. The maximum Gasteiger partial charge on any atom is 0.226 e. The van der Waals surface area contributed by atoms with Crippen LogP contribution in [-0.4, -0.2) is 32.0 Å². The van der Waals surface area contributed by atoms with Gasteiger partial charge in [-0.2, -0.15) is 4.98 Å². The summed E-state index contributed by atoms with van der Waals surface area (Å²) in [5.74, 6) is 3.28. The lowest BCUT2D eigenvalue weighted by Crippen LogP contribution is -2.00. The van der Waals surface area contributed by atoms with Crippen molar-refractivity contribution in [3.63, 3.8) is 0 Å². The quantitative estimate of drug-likeness (QED) is 0.346. The normalized spacial score (nSPS) is 11.0. The monoisotopic (exact) mass is 441 g/mol. The van der Waals surface area contributed by atoms with Crippen LogP contribution in [0.5, 0.6) is 5.75 Å². The molecule has 0 unspecified atom stereocenters. The third kappa shape index (κ3) is 4.49. The molecule has 0 aliphatic carbocycles. The number of benzene rings is 2. The van der Waals surface area contributed by atoms with E-state index < -0.39 is 0 Å². The second-order valence-corrected chi connectivity index (χ2v) is 7.87. The molecule has 30 heavy (non-hydrogen) atoms. The molecular weight excluding hydrogens is 422 g/mol. The van der Waals surface area contributed by atoms with Crippen LogP contribution in [0.25, 0.3) is 17.1 Å². The molecule has 154 valence electrons. The Morgan fingerprint density at radius 1 is 1.13 bits per heavy atom. The van der Waals surface area contributed by atoms with Gasteiger partial charge in [0.1, 0.15) is 5.75 Å². The molecule has 7 nitrogen and oxygen atoms in total. The lowest BCUT2D eigenvalue weighted by molar-refractivity contribution is 0.373. The maximum absolute atomic E-state index is 6.09. The molecule has 9 heteroatoms. The van der Waals surface area contributed by atoms with Crippen molar-refractivity contribution in [2.75, 3.05) is 7.11 Å². The zero-order valence-electron chi connectivity index (χ0n) is 16.6. The number of hydrogen-bond acceptors (Lipinski definition) is 7. The Kier molecular flexibility index (Phi) is 6.35.